The minimum atomic E-state index is -1.05. The average molecular weight is 593 g/mol. The zero-order valence-corrected chi connectivity index (χ0v) is 24.2. The lowest BCUT2D eigenvalue weighted by atomic mass is 10.1. The SMILES string of the molecule is Cc1cccc(F)c1NC(=O)c1cc2c(s1)-c1ccc(Cl)cc1N(C(O)c1cccc(N3C[C@@H](O)C[C@@H]3C)n1)CC2. The monoisotopic (exact) mass is 592 g/mol. The fourth-order valence-electron chi connectivity index (χ4n) is 5.69. The van der Waals surface area contributed by atoms with Crippen LogP contribution in [0.25, 0.3) is 10.4 Å². The summed E-state index contributed by atoms with van der Waals surface area (Å²) < 4.78 is 14.4. The van der Waals surface area contributed by atoms with Gasteiger partial charge < -0.3 is 25.3 Å². The van der Waals surface area contributed by atoms with Gasteiger partial charge >= 0.3 is 0 Å². The Labute approximate surface area is 246 Å². The predicted octanol–water partition coefficient (Wildman–Crippen LogP) is 6.18. The second-order valence-electron chi connectivity index (χ2n) is 10.6. The first-order valence-electron chi connectivity index (χ1n) is 13.5. The third kappa shape index (κ3) is 5.30. The van der Waals surface area contributed by atoms with Crippen LogP contribution < -0.4 is 15.1 Å². The second-order valence-corrected chi connectivity index (χ2v) is 12.1. The van der Waals surface area contributed by atoms with Crippen molar-refractivity contribution in [2.45, 2.75) is 45.1 Å². The molecule has 4 aromatic rings. The van der Waals surface area contributed by atoms with E-state index in [1.54, 1.807) is 31.2 Å². The van der Waals surface area contributed by atoms with E-state index >= 15 is 0 Å². The van der Waals surface area contributed by atoms with E-state index < -0.39 is 18.1 Å². The van der Waals surface area contributed by atoms with E-state index in [2.05, 4.69) is 17.1 Å². The highest BCUT2D eigenvalue weighted by Gasteiger charge is 2.31. The maximum atomic E-state index is 14.4. The van der Waals surface area contributed by atoms with Gasteiger partial charge in [-0.1, -0.05) is 29.8 Å². The van der Waals surface area contributed by atoms with Crippen molar-refractivity contribution in [2.75, 3.05) is 28.2 Å². The summed E-state index contributed by atoms with van der Waals surface area (Å²) >= 11 is 7.77. The van der Waals surface area contributed by atoms with Crippen molar-refractivity contribution in [2.24, 2.45) is 0 Å². The lowest BCUT2D eigenvalue weighted by Gasteiger charge is -2.31. The van der Waals surface area contributed by atoms with Gasteiger partial charge in [-0.15, -0.1) is 11.3 Å². The first-order chi connectivity index (χ1) is 19.7. The summed E-state index contributed by atoms with van der Waals surface area (Å²) in [5.74, 6) is -0.133. The Hall–Kier alpha value is -3.50. The van der Waals surface area contributed by atoms with Crippen LogP contribution in [0.15, 0.2) is 60.7 Å². The van der Waals surface area contributed by atoms with Crippen LogP contribution in [0.1, 0.15) is 46.1 Å². The molecule has 6 rings (SSSR count). The zero-order valence-electron chi connectivity index (χ0n) is 22.6. The van der Waals surface area contributed by atoms with Crippen LogP contribution >= 0.6 is 22.9 Å². The minimum Gasteiger partial charge on any atom is -0.391 e. The first-order valence-corrected chi connectivity index (χ1v) is 14.7. The number of rotatable bonds is 5. The van der Waals surface area contributed by atoms with Crippen LogP contribution in [0.4, 0.5) is 21.6 Å². The lowest BCUT2D eigenvalue weighted by Crippen LogP contribution is -2.32. The molecule has 1 unspecified atom stereocenters. The minimum absolute atomic E-state index is 0.146. The third-order valence-corrected chi connectivity index (χ3v) is 9.24. The number of aliphatic hydroxyl groups excluding tert-OH is 2. The number of hydrogen-bond donors (Lipinski definition) is 3. The van der Waals surface area contributed by atoms with E-state index in [4.69, 9.17) is 16.6 Å². The number of aliphatic hydroxyl groups is 2. The molecule has 1 saturated heterocycles. The van der Waals surface area contributed by atoms with Crippen molar-refractivity contribution < 1.29 is 19.4 Å². The predicted molar refractivity (Wildman–Crippen MR) is 162 cm³/mol. The van der Waals surface area contributed by atoms with Gasteiger partial charge in [0.1, 0.15) is 11.6 Å². The highest BCUT2D eigenvalue weighted by atomic mass is 35.5. The van der Waals surface area contributed by atoms with Crippen LogP contribution in [0.3, 0.4) is 0 Å². The van der Waals surface area contributed by atoms with Gasteiger partial charge in [0.2, 0.25) is 0 Å². The highest BCUT2D eigenvalue weighted by molar-refractivity contribution is 7.17. The molecule has 41 heavy (non-hydrogen) atoms. The Kier molecular flexibility index (Phi) is 7.46. The van der Waals surface area contributed by atoms with Crippen LogP contribution in [0.5, 0.6) is 0 Å². The van der Waals surface area contributed by atoms with Crippen molar-refractivity contribution in [3.05, 3.63) is 93.2 Å². The Balaban J connectivity index is 1.32. The Morgan fingerprint density at radius 3 is 2.76 bits per heavy atom. The first kappa shape index (κ1) is 27.7. The van der Waals surface area contributed by atoms with Gasteiger partial charge in [0.25, 0.3) is 5.91 Å². The second kappa shape index (κ2) is 11.1. The number of hydrogen-bond acceptors (Lipinski definition) is 7. The molecule has 0 aliphatic carbocycles. The topological polar surface area (TPSA) is 88.9 Å². The van der Waals surface area contributed by atoms with Crippen molar-refractivity contribution >= 4 is 46.0 Å². The van der Waals surface area contributed by atoms with Gasteiger partial charge in [0.15, 0.2) is 6.23 Å². The van der Waals surface area contributed by atoms with E-state index in [9.17, 15) is 19.4 Å². The molecule has 2 aromatic heterocycles. The van der Waals surface area contributed by atoms with Crippen molar-refractivity contribution in [3.8, 4) is 10.4 Å². The molecule has 0 saturated carbocycles. The normalized spacial score (nSPS) is 19.0. The fraction of sp³-hybridized carbons (Fsp3) is 0.290. The molecular weight excluding hydrogens is 563 g/mol. The Bertz CT molecular complexity index is 1610. The maximum absolute atomic E-state index is 14.4. The molecule has 7 nitrogen and oxygen atoms in total. The van der Waals surface area contributed by atoms with E-state index in [0.717, 1.165) is 21.7 Å². The number of aromatic nitrogens is 1. The molecule has 2 aromatic carbocycles. The molecule has 3 atom stereocenters. The summed E-state index contributed by atoms with van der Waals surface area (Å²) in [4.78, 5) is 23.3. The van der Waals surface area contributed by atoms with Crippen LogP contribution in [-0.2, 0) is 6.42 Å². The van der Waals surface area contributed by atoms with Gasteiger partial charge in [-0.25, -0.2) is 9.37 Å². The van der Waals surface area contributed by atoms with Crippen LogP contribution in [-0.4, -0.2) is 46.3 Å². The number of fused-ring (bicyclic) bond motifs is 3. The number of carbonyl (C=O) groups is 1. The molecule has 0 spiro atoms. The number of benzene rings is 2. The van der Waals surface area contributed by atoms with Gasteiger partial charge in [0.05, 0.1) is 22.4 Å². The molecule has 1 fully saturated rings. The number of para-hydroxylation sites is 1. The van der Waals surface area contributed by atoms with Crippen molar-refractivity contribution in [1.82, 2.24) is 4.98 Å². The van der Waals surface area contributed by atoms with E-state index in [0.29, 0.717) is 52.9 Å². The summed E-state index contributed by atoms with van der Waals surface area (Å²) in [6, 6.07) is 17.7. The standard InChI is InChI=1S/C31H30ClFN4O3S/c1-17-5-3-6-23(33)28(17)35-30(39)26-14-19-11-12-36(25-15-20(32)9-10-22(25)29(19)41-26)31(40)24-7-4-8-27(34-24)37-16-21(38)13-18(37)2/h3-10,14-15,18,21,31,38,40H,11-13,16H2,1-2H3,(H,35,39)/t18-,21-,31?/m0/s1. The fourth-order valence-corrected chi connectivity index (χ4v) is 7.00. The van der Waals surface area contributed by atoms with Crippen LogP contribution in [0, 0.1) is 12.7 Å². The van der Waals surface area contributed by atoms with Gasteiger partial charge in [-0.3, -0.25) is 4.79 Å². The number of amides is 1. The summed E-state index contributed by atoms with van der Waals surface area (Å²) in [7, 11) is 0. The van der Waals surface area contributed by atoms with E-state index in [1.807, 2.05) is 35.2 Å². The maximum Gasteiger partial charge on any atom is 0.265 e. The molecule has 3 N–H and O–H groups in total. The number of halogens is 2. The number of pyridine rings is 1. The summed E-state index contributed by atoms with van der Waals surface area (Å²) in [6.45, 7) is 4.76. The van der Waals surface area contributed by atoms with Crippen LogP contribution in [0.2, 0.25) is 5.02 Å². The quantitative estimate of drug-likeness (QED) is 0.257. The van der Waals surface area contributed by atoms with Crippen molar-refractivity contribution in [3.63, 3.8) is 0 Å². The number of anilines is 3. The summed E-state index contributed by atoms with van der Waals surface area (Å²) in [5.41, 5.74) is 3.86. The summed E-state index contributed by atoms with van der Waals surface area (Å²) in [5, 5.41) is 25.0. The largest absolute Gasteiger partial charge is 0.391 e. The molecule has 1 amide bonds. The van der Waals surface area contributed by atoms with Crippen molar-refractivity contribution in [1.29, 1.82) is 0 Å². The molecule has 212 valence electrons. The number of aryl methyl sites for hydroxylation is 1. The molecule has 0 bridgehead atoms. The summed E-state index contributed by atoms with van der Waals surface area (Å²) in [6.07, 6.45) is -0.206. The molecule has 4 heterocycles. The molecular formula is C31H30ClFN4O3S. The number of β-amino-alcohol motifs (C(OH)–C–C–N with tert-alkyl or cyclic N) is 1. The Morgan fingerprint density at radius 2 is 2.00 bits per heavy atom. The lowest BCUT2D eigenvalue weighted by molar-refractivity contribution is 0.102. The average Bonchev–Trinajstić information content (AvgIpc) is 3.49. The number of nitrogens with one attached hydrogen (secondary N) is 1. The molecule has 0 radical (unpaired) electrons. The van der Waals surface area contributed by atoms with Gasteiger partial charge in [0, 0.05) is 40.3 Å². The van der Waals surface area contributed by atoms with Gasteiger partial charge in [-0.05, 0) is 80.3 Å². The Morgan fingerprint density at radius 1 is 1.20 bits per heavy atom. The molecule has 2 aliphatic heterocycles. The number of carbonyl (C=O) groups excluding carboxylic acids is 1. The van der Waals surface area contributed by atoms with Gasteiger partial charge in [-0.2, -0.15) is 0 Å². The molecule has 10 heteroatoms. The highest BCUT2D eigenvalue weighted by Crippen LogP contribution is 2.44. The third-order valence-electron chi connectivity index (χ3n) is 7.79. The number of thiophene rings is 1. The zero-order chi connectivity index (χ0) is 28.8. The number of nitrogens with zero attached hydrogens (tertiary/aromatic N) is 3. The molecule has 2 aliphatic rings. The smallest absolute Gasteiger partial charge is 0.265 e. The van der Waals surface area contributed by atoms with E-state index in [-0.39, 0.29) is 17.6 Å². The van der Waals surface area contributed by atoms with E-state index in [1.165, 1.54) is 17.4 Å².